The topological polar surface area (TPSA) is 38.3 Å². The van der Waals surface area contributed by atoms with Crippen molar-refractivity contribution >= 4 is 6.09 Å². The van der Waals surface area contributed by atoms with Crippen LogP contribution in [0.25, 0.3) is 0 Å². The predicted molar refractivity (Wildman–Crippen MR) is 64.5 cm³/mol. The van der Waals surface area contributed by atoms with Gasteiger partial charge in [-0.15, -0.1) is 0 Å². The summed E-state index contributed by atoms with van der Waals surface area (Å²) in [4.78, 5) is 11.2. The van der Waals surface area contributed by atoms with Crippen molar-refractivity contribution < 1.29 is 9.53 Å². The Morgan fingerprint density at radius 2 is 1.94 bits per heavy atom. The van der Waals surface area contributed by atoms with Gasteiger partial charge >= 0.3 is 6.09 Å². The zero-order valence-electron chi connectivity index (χ0n) is 10.1. The van der Waals surface area contributed by atoms with Gasteiger partial charge in [-0.1, -0.05) is 44.2 Å². The second-order valence-corrected chi connectivity index (χ2v) is 4.32. The van der Waals surface area contributed by atoms with Crippen LogP contribution in [0.3, 0.4) is 0 Å². The van der Waals surface area contributed by atoms with Crippen LogP contribution in [0.4, 0.5) is 4.79 Å². The molecule has 0 aromatic heterocycles. The van der Waals surface area contributed by atoms with Gasteiger partial charge in [-0.2, -0.15) is 0 Å². The van der Waals surface area contributed by atoms with E-state index in [0.29, 0.717) is 13.2 Å². The molecule has 0 saturated carbocycles. The molecule has 0 spiro atoms. The van der Waals surface area contributed by atoms with Crippen molar-refractivity contribution in [3.8, 4) is 0 Å². The first kappa shape index (κ1) is 12.6. The number of nitrogens with one attached hydrogen (secondary N) is 1. The second kappa shape index (κ2) is 5.54. The van der Waals surface area contributed by atoms with Crippen LogP contribution in [0.1, 0.15) is 26.3 Å². The smallest absolute Gasteiger partial charge is 0.407 e. The lowest BCUT2D eigenvalue weighted by Gasteiger charge is -2.25. The molecule has 0 saturated heterocycles. The van der Waals surface area contributed by atoms with Crippen molar-refractivity contribution in [2.24, 2.45) is 0 Å². The molecule has 1 N–H and O–H groups in total. The number of carbonyl (C=O) groups excluding carboxylic acids is 1. The molecular weight excluding hydrogens is 202 g/mol. The lowest BCUT2D eigenvalue weighted by molar-refractivity contribution is 0.150. The lowest BCUT2D eigenvalue weighted by atomic mass is 9.85. The van der Waals surface area contributed by atoms with E-state index < -0.39 is 0 Å². The van der Waals surface area contributed by atoms with Gasteiger partial charge in [-0.25, -0.2) is 4.79 Å². The monoisotopic (exact) mass is 221 g/mol. The Labute approximate surface area is 96.8 Å². The Morgan fingerprint density at radius 3 is 2.50 bits per heavy atom. The average Bonchev–Trinajstić information content (AvgIpc) is 2.28. The molecule has 0 unspecified atom stereocenters. The molecule has 88 valence electrons. The maximum Gasteiger partial charge on any atom is 0.407 e. The fraction of sp³-hybridized carbons (Fsp3) is 0.462. The molecule has 0 aliphatic heterocycles. The predicted octanol–water partition coefficient (Wildman–Crippen LogP) is 2.71. The van der Waals surface area contributed by atoms with E-state index in [-0.39, 0.29) is 11.5 Å². The number of ether oxygens (including phenoxy) is 1. The van der Waals surface area contributed by atoms with Crippen LogP contribution in [0.15, 0.2) is 30.3 Å². The number of hydrogen-bond acceptors (Lipinski definition) is 2. The summed E-state index contributed by atoms with van der Waals surface area (Å²) < 4.78 is 4.82. The highest BCUT2D eigenvalue weighted by atomic mass is 16.5. The normalized spacial score (nSPS) is 10.9. The molecule has 0 radical (unpaired) electrons. The molecule has 0 atom stereocenters. The maximum atomic E-state index is 11.2. The summed E-state index contributed by atoms with van der Waals surface area (Å²) in [5.41, 5.74) is 1.11. The van der Waals surface area contributed by atoms with E-state index in [1.807, 2.05) is 18.2 Å². The number of hydrogen-bond donors (Lipinski definition) is 1. The fourth-order valence-corrected chi connectivity index (χ4v) is 1.47. The fourth-order valence-electron chi connectivity index (χ4n) is 1.47. The van der Waals surface area contributed by atoms with Gasteiger partial charge in [0.2, 0.25) is 0 Å². The lowest BCUT2D eigenvalue weighted by Crippen LogP contribution is -2.36. The Balaban J connectivity index is 2.55. The number of benzene rings is 1. The van der Waals surface area contributed by atoms with E-state index >= 15 is 0 Å². The van der Waals surface area contributed by atoms with E-state index in [9.17, 15) is 4.79 Å². The quantitative estimate of drug-likeness (QED) is 0.849. The molecule has 0 aliphatic rings. The first-order valence-corrected chi connectivity index (χ1v) is 5.52. The van der Waals surface area contributed by atoms with Crippen molar-refractivity contribution in [2.45, 2.75) is 26.2 Å². The first-order chi connectivity index (χ1) is 7.56. The van der Waals surface area contributed by atoms with Crippen molar-refractivity contribution in [2.75, 3.05) is 13.2 Å². The molecule has 0 bridgehead atoms. The minimum absolute atomic E-state index is 0.0893. The maximum absolute atomic E-state index is 11.2. The van der Waals surface area contributed by atoms with Crippen LogP contribution >= 0.6 is 0 Å². The van der Waals surface area contributed by atoms with Gasteiger partial charge in [0.1, 0.15) is 0 Å². The van der Waals surface area contributed by atoms with Gasteiger partial charge in [0.05, 0.1) is 6.61 Å². The molecule has 16 heavy (non-hydrogen) atoms. The van der Waals surface area contributed by atoms with Crippen LogP contribution in [0, 0.1) is 0 Å². The standard InChI is InChI=1S/C13H19NO2/c1-4-16-12(15)14-10-13(2,3)11-8-6-5-7-9-11/h5-9H,4,10H2,1-3H3,(H,14,15). The van der Waals surface area contributed by atoms with Crippen LogP contribution in [0.5, 0.6) is 0 Å². The highest BCUT2D eigenvalue weighted by molar-refractivity contribution is 5.67. The van der Waals surface area contributed by atoms with Gasteiger partial charge in [-0.05, 0) is 12.5 Å². The minimum Gasteiger partial charge on any atom is -0.450 e. The molecular formula is C13H19NO2. The Bertz CT molecular complexity index is 333. The third-order valence-electron chi connectivity index (χ3n) is 2.51. The zero-order chi connectivity index (χ0) is 12.0. The minimum atomic E-state index is -0.355. The summed E-state index contributed by atoms with van der Waals surface area (Å²) in [5.74, 6) is 0. The Hall–Kier alpha value is -1.51. The molecule has 3 heteroatoms. The molecule has 0 aliphatic carbocycles. The SMILES string of the molecule is CCOC(=O)NCC(C)(C)c1ccccc1. The average molecular weight is 221 g/mol. The third-order valence-corrected chi connectivity index (χ3v) is 2.51. The van der Waals surface area contributed by atoms with Crippen molar-refractivity contribution in [3.63, 3.8) is 0 Å². The molecule has 1 aromatic rings. The molecule has 1 aromatic carbocycles. The number of carbonyl (C=O) groups is 1. The van der Waals surface area contributed by atoms with Gasteiger partial charge in [0.15, 0.2) is 0 Å². The summed E-state index contributed by atoms with van der Waals surface area (Å²) in [6.45, 7) is 6.94. The summed E-state index contributed by atoms with van der Waals surface area (Å²) in [7, 11) is 0. The van der Waals surface area contributed by atoms with Crippen LogP contribution in [0.2, 0.25) is 0 Å². The third kappa shape index (κ3) is 3.57. The molecule has 1 rings (SSSR count). The van der Waals surface area contributed by atoms with Crippen molar-refractivity contribution in [1.82, 2.24) is 5.32 Å². The van der Waals surface area contributed by atoms with Gasteiger partial charge in [-0.3, -0.25) is 0 Å². The van der Waals surface area contributed by atoms with Crippen molar-refractivity contribution in [3.05, 3.63) is 35.9 Å². The Morgan fingerprint density at radius 1 is 1.31 bits per heavy atom. The van der Waals surface area contributed by atoms with Gasteiger partial charge in [0.25, 0.3) is 0 Å². The first-order valence-electron chi connectivity index (χ1n) is 5.52. The number of alkyl carbamates (subject to hydrolysis) is 1. The Kier molecular flexibility index (Phi) is 4.35. The van der Waals surface area contributed by atoms with E-state index in [0.717, 1.165) is 0 Å². The van der Waals surface area contributed by atoms with Crippen molar-refractivity contribution in [1.29, 1.82) is 0 Å². The van der Waals surface area contributed by atoms with E-state index in [1.54, 1.807) is 6.92 Å². The van der Waals surface area contributed by atoms with Crippen LogP contribution in [-0.4, -0.2) is 19.2 Å². The highest BCUT2D eigenvalue weighted by Crippen LogP contribution is 2.21. The molecule has 0 fully saturated rings. The summed E-state index contributed by atoms with van der Waals surface area (Å²) in [6, 6.07) is 10.1. The molecule has 0 heterocycles. The van der Waals surface area contributed by atoms with Gasteiger partial charge < -0.3 is 10.1 Å². The van der Waals surface area contributed by atoms with E-state index in [4.69, 9.17) is 4.74 Å². The molecule has 1 amide bonds. The van der Waals surface area contributed by atoms with Crippen LogP contribution < -0.4 is 5.32 Å². The summed E-state index contributed by atoms with van der Waals surface area (Å²) in [5, 5.41) is 2.76. The number of rotatable bonds is 4. The zero-order valence-corrected chi connectivity index (χ0v) is 10.1. The second-order valence-electron chi connectivity index (χ2n) is 4.32. The van der Waals surface area contributed by atoms with E-state index in [2.05, 4.69) is 31.3 Å². The number of amides is 1. The van der Waals surface area contributed by atoms with Gasteiger partial charge in [0, 0.05) is 12.0 Å². The largest absolute Gasteiger partial charge is 0.450 e. The van der Waals surface area contributed by atoms with E-state index in [1.165, 1.54) is 5.56 Å². The summed E-state index contributed by atoms with van der Waals surface area (Å²) >= 11 is 0. The highest BCUT2D eigenvalue weighted by Gasteiger charge is 2.21. The van der Waals surface area contributed by atoms with Crippen LogP contribution in [-0.2, 0) is 10.2 Å². The molecule has 3 nitrogen and oxygen atoms in total. The summed E-state index contributed by atoms with van der Waals surface area (Å²) in [6.07, 6.45) is -0.355.